The van der Waals surface area contributed by atoms with E-state index in [9.17, 15) is 14.0 Å². The Hall–Kier alpha value is -4.24. The van der Waals surface area contributed by atoms with Crippen molar-refractivity contribution in [2.45, 2.75) is 51.6 Å². The van der Waals surface area contributed by atoms with Crippen LogP contribution in [0.2, 0.25) is 0 Å². The van der Waals surface area contributed by atoms with Gasteiger partial charge in [-0.25, -0.2) is 4.39 Å². The van der Waals surface area contributed by atoms with Crippen LogP contribution in [0.25, 0.3) is 11.3 Å². The van der Waals surface area contributed by atoms with Crippen molar-refractivity contribution in [2.24, 2.45) is 0 Å². The number of halogens is 1. The molecule has 9 heteroatoms. The lowest BCUT2D eigenvalue weighted by atomic mass is 10.00. The number of hydrogen-bond acceptors (Lipinski definition) is 6. The minimum atomic E-state index is -0.980. The molecule has 1 aliphatic carbocycles. The number of nitrogen functional groups attached to an aromatic ring is 1. The van der Waals surface area contributed by atoms with E-state index in [1.54, 1.807) is 31.4 Å². The maximum atomic E-state index is 14.5. The molecule has 0 unspecified atom stereocenters. The third-order valence-corrected chi connectivity index (χ3v) is 8.36. The first-order valence-electron chi connectivity index (χ1n) is 13.6. The molecule has 0 radical (unpaired) electrons. The van der Waals surface area contributed by atoms with Gasteiger partial charge in [0.2, 0.25) is 5.91 Å². The number of anilines is 2. The summed E-state index contributed by atoms with van der Waals surface area (Å²) in [5.41, 5.74) is 10.8. The molecule has 0 bridgehead atoms. The standard InChI is InChI=1S/C32H33FN4O3S/c1-19-8-17-26(20(2)18-19)37(32(39)30-27(34)28(36-41-30)21-9-13-23(33)14-10-21)29(22-11-15-25(40-3)16-12-22)31(38)35-24-6-4-5-7-24/h8-18,24,29H,4-7,34H2,1-3H3,(H,35,38)/t29-/m0/s1. The number of rotatable bonds is 8. The predicted molar refractivity (Wildman–Crippen MR) is 161 cm³/mol. The van der Waals surface area contributed by atoms with E-state index < -0.39 is 11.9 Å². The first kappa shape index (κ1) is 28.3. The van der Waals surface area contributed by atoms with Crippen LogP contribution in [0.3, 0.4) is 0 Å². The lowest BCUT2D eigenvalue weighted by molar-refractivity contribution is -0.123. The largest absolute Gasteiger partial charge is 0.497 e. The van der Waals surface area contributed by atoms with Crippen molar-refractivity contribution in [3.05, 3.63) is 94.1 Å². The van der Waals surface area contributed by atoms with Crippen molar-refractivity contribution < 1.29 is 18.7 Å². The van der Waals surface area contributed by atoms with Gasteiger partial charge in [0, 0.05) is 17.3 Å². The molecule has 212 valence electrons. The van der Waals surface area contributed by atoms with Crippen LogP contribution in [-0.2, 0) is 4.79 Å². The Kier molecular flexibility index (Phi) is 8.35. The summed E-state index contributed by atoms with van der Waals surface area (Å²) >= 11 is 0.967. The fraction of sp³-hybridized carbons (Fsp3) is 0.281. The van der Waals surface area contributed by atoms with Gasteiger partial charge >= 0.3 is 0 Å². The highest BCUT2D eigenvalue weighted by Gasteiger charge is 2.37. The maximum absolute atomic E-state index is 14.5. The molecule has 0 saturated heterocycles. The number of benzene rings is 3. The normalized spacial score (nSPS) is 14.0. The average Bonchev–Trinajstić information content (AvgIpc) is 3.62. The molecule has 7 nitrogen and oxygen atoms in total. The molecular weight excluding hydrogens is 539 g/mol. The summed E-state index contributed by atoms with van der Waals surface area (Å²) < 4.78 is 23.4. The summed E-state index contributed by atoms with van der Waals surface area (Å²) in [4.78, 5) is 30.4. The van der Waals surface area contributed by atoms with Gasteiger partial charge in [-0.3, -0.25) is 14.5 Å². The lowest BCUT2D eigenvalue weighted by Gasteiger charge is -2.33. The van der Waals surface area contributed by atoms with Crippen LogP contribution in [0.5, 0.6) is 5.75 Å². The first-order valence-corrected chi connectivity index (χ1v) is 14.4. The third-order valence-electron chi connectivity index (χ3n) is 7.51. The maximum Gasteiger partial charge on any atom is 0.273 e. The Morgan fingerprint density at radius 2 is 1.73 bits per heavy atom. The first-order chi connectivity index (χ1) is 19.8. The van der Waals surface area contributed by atoms with Gasteiger partial charge in [-0.15, -0.1) is 0 Å². The highest BCUT2D eigenvalue weighted by molar-refractivity contribution is 7.09. The Labute approximate surface area is 243 Å². The van der Waals surface area contributed by atoms with Gasteiger partial charge in [0.25, 0.3) is 5.91 Å². The van der Waals surface area contributed by atoms with Crippen LogP contribution >= 0.6 is 11.5 Å². The number of amides is 2. The van der Waals surface area contributed by atoms with Crippen LogP contribution in [0.4, 0.5) is 15.8 Å². The van der Waals surface area contributed by atoms with E-state index in [1.807, 2.05) is 44.2 Å². The van der Waals surface area contributed by atoms with Crippen LogP contribution in [-0.4, -0.2) is 29.3 Å². The molecular formula is C32H33FN4O3S. The van der Waals surface area contributed by atoms with E-state index in [1.165, 1.54) is 17.0 Å². The summed E-state index contributed by atoms with van der Waals surface area (Å²) in [5, 5.41) is 3.20. The van der Waals surface area contributed by atoms with Crippen molar-refractivity contribution in [1.29, 1.82) is 0 Å². The van der Waals surface area contributed by atoms with Crippen LogP contribution < -0.4 is 20.7 Å². The van der Waals surface area contributed by atoms with E-state index in [-0.39, 0.29) is 28.3 Å². The van der Waals surface area contributed by atoms with Gasteiger partial charge in [0.05, 0.1) is 12.8 Å². The van der Waals surface area contributed by atoms with E-state index in [0.29, 0.717) is 28.3 Å². The summed E-state index contributed by atoms with van der Waals surface area (Å²) in [7, 11) is 1.58. The molecule has 3 aromatic carbocycles. The van der Waals surface area contributed by atoms with E-state index in [4.69, 9.17) is 10.5 Å². The molecule has 41 heavy (non-hydrogen) atoms. The number of hydrogen-bond donors (Lipinski definition) is 2. The zero-order valence-electron chi connectivity index (χ0n) is 23.3. The third kappa shape index (κ3) is 5.95. The summed E-state index contributed by atoms with van der Waals surface area (Å²) in [5.74, 6) is -0.445. The number of carbonyl (C=O) groups excluding carboxylic acids is 2. The Balaban J connectivity index is 1.64. The number of methoxy groups -OCH3 is 1. The smallest absolute Gasteiger partial charge is 0.273 e. The Morgan fingerprint density at radius 3 is 2.37 bits per heavy atom. The fourth-order valence-corrected chi connectivity index (χ4v) is 6.13. The van der Waals surface area contributed by atoms with Gasteiger partial charge in [-0.2, -0.15) is 4.37 Å². The number of nitrogens with zero attached hydrogens (tertiary/aromatic N) is 2. The van der Waals surface area contributed by atoms with E-state index in [0.717, 1.165) is 48.3 Å². The fourth-order valence-electron chi connectivity index (χ4n) is 5.37. The van der Waals surface area contributed by atoms with Crippen molar-refractivity contribution in [3.63, 3.8) is 0 Å². The molecule has 1 aliphatic rings. The Morgan fingerprint density at radius 1 is 1.05 bits per heavy atom. The molecule has 4 aromatic rings. The zero-order chi connectivity index (χ0) is 29.1. The van der Waals surface area contributed by atoms with Crippen molar-refractivity contribution in [2.75, 3.05) is 17.7 Å². The van der Waals surface area contributed by atoms with Gasteiger partial charge in [-0.05, 0) is 91.8 Å². The summed E-state index contributed by atoms with van der Waals surface area (Å²) in [6, 6.07) is 17.8. The molecule has 1 fully saturated rings. The Bertz CT molecular complexity index is 1550. The quantitative estimate of drug-likeness (QED) is 0.248. The molecule has 3 N–H and O–H groups in total. The summed E-state index contributed by atoms with van der Waals surface area (Å²) in [6.07, 6.45) is 3.92. The van der Waals surface area contributed by atoms with Gasteiger partial charge in [0.1, 0.15) is 28.2 Å². The van der Waals surface area contributed by atoms with Crippen LogP contribution in [0.15, 0.2) is 66.7 Å². The highest BCUT2D eigenvalue weighted by atomic mass is 32.1. The zero-order valence-corrected chi connectivity index (χ0v) is 24.1. The average molecular weight is 573 g/mol. The summed E-state index contributed by atoms with van der Waals surface area (Å²) in [6.45, 7) is 3.90. The second-order valence-electron chi connectivity index (χ2n) is 10.4. The monoisotopic (exact) mass is 572 g/mol. The number of nitrogens with one attached hydrogen (secondary N) is 1. The second kappa shape index (κ2) is 12.1. The number of nitrogens with two attached hydrogens (primary N) is 1. The van der Waals surface area contributed by atoms with E-state index in [2.05, 4.69) is 9.69 Å². The molecule has 1 heterocycles. The predicted octanol–water partition coefficient (Wildman–Crippen LogP) is 6.60. The van der Waals surface area contributed by atoms with Gasteiger partial charge < -0.3 is 15.8 Å². The number of aromatic nitrogens is 1. The second-order valence-corrected chi connectivity index (χ2v) is 11.2. The van der Waals surface area contributed by atoms with Gasteiger partial charge in [-0.1, -0.05) is 42.7 Å². The van der Waals surface area contributed by atoms with Crippen LogP contribution in [0, 0.1) is 19.7 Å². The highest BCUT2D eigenvalue weighted by Crippen LogP contribution is 2.38. The van der Waals surface area contributed by atoms with Crippen LogP contribution in [0.1, 0.15) is 58.1 Å². The lowest BCUT2D eigenvalue weighted by Crippen LogP contribution is -2.46. The minimum absolute atomic E-state index is 0.0536. The molecule has 0 aliphatic heterocycles. The minimum Gasteiger partial charge on any atom is -0.497 e. The molecule has 1 saturated carbocycles. The molecule has 5 rings (SSSR count). The van der Waals surface area contributed by atoms with E-state index >= 15 is 0 Å². The van der Waals surface area contributed by atoms with Crippen molar-refractivity contribution >= 4 is 34.7 Å². The molecule has 0 spiro atoms. The number of ether oxygens (including phenoxy) is 1. The molecule has 1 aromatic heterocycles. The van der Waals surface area contributed by atoms with Crippen molar-refractivity contribution in [3.8, 4) is 17.0 Å². The van der Waals surface area contributed by atoms with Gasteiger partial charge in [0.15, 0.2) is 0 Å². The SMILES string of the molecule is COc1ccc([C@@H](C(=O)NC2CCCC2)N(C(=O)c2snc(-c3ccc(F)cc3)c2N)c2ccc(C)cc2C)cc1. The van der Waals surface area contributed by atoms with Crippen molar-refractivity contribution in [1.82, 2.24) is 9.69 Å². The molecule has 2 amide bonds. The topological polar surface area (TPSA) is 97.5 Å². The number of carbonyl (C=O) groups is 2. The number of aryl methyl sites for hydroxylation is 2. The molecule has 1 atom stereocenters.